The molecule has 0 spiro atoms. The van der Waals surface area contributed by atoms with Crippen molar-refractivity contribution < 1.29 is 9.47 Å². The van der Waals surface area contributed by atoms with E-state index in [0.717, 1.165) is 26.2 Å². The second-order valence-corrected chi connectivity index (χ2v) is 5.42. The number of hydrogen-bond acceptors (Lipinski definition) is 4. The van der Waals surface area contributed by atoms with Crippen LogP contribution in [0.25, 0.3) is 0 Å². The highest BCUT2D eigenvalue weighted by Gasteiger charge is 2.29. The highest BCUT2D eigenvalue weighted by molar-refractivity contribution is 5.08. The molecule has 3 rings (SSSR count). The molecule has 0 aromatic carbocycles. The van der Waals surface area contributed by atoms with Crippen molar-refractivity contribution in [3.05, 3.63) is 30.1 Å². The van der Waals surface area contributed by atoms with Crippen molar-refractivity contribution in [1.29, 1.82) is 0 Å². The largest absolute Gasteiger partial charge is 0.381 e. The van der Waals surface area contributed by atoms with Crippen LogP contribution in [-0.2, 0) is 16.1 Å². The molecule has 1 aromatic rings. The van der Waals surface area contributed by atoms with Crippen molar-refractivity contribution in [3.8, 4) is 0 Å². The quantitative estimate of drug-likeness (QED) is 0.829. The van der Waals surface area contributed by atoms with Crippen molar-refractivity contribution in [3.63, 3.8) is 0 Å². The standard InChI is InChI=1S/C15H22N2O2/c1-6-16-7-2-13(1)12-19-15-3-8-17(11-15)14-4-9-18-10-5-14/h1-2,6-7,14-15H,3-5,8-12H2/t15-/m1/s1. The number of rotatable bonds is 4. The van der Waals surface area contributed by atoms with E-state index in [-0.39, 0.29) is 0 Å². The van der Waals surface area contributed by atoms with Gasteiger partial charge in [0.2, 0.25) is 0 Å². The molecule has 1 aromatic heterocycles. The van der Waals surface area contributed by atoms with Crippen LogP contribution in [0.5, 0.6) is 0 Å². The topological polar surface area (TPSA) is 34.6 Å². The molecule has 0 unspecified atom stereocenters. The molecular formula is C15H22N2O2. The van der Waals surface area contributed by atoms with Crippen molar-refractivity contribution in [2.24, 2.45) is 0 Å². The Morgan fingerprint density at radius 2 is 2.00 bits per heavy atom. The summed E-state index contributed by atoms with van der Waals surface area (Å²) in [6, 6.07) is 4.75. The lowest BCUT2D eigenvalue weighted by molar-refractivity contribution is 0.0205. The van der Waals surface area contributed by atoms with E-state index in [1.165, 1.54) is 24.9 Å². The highest BCUT2D eigenvalue weighted by atomic mass is 16.5. The van der Waals surface area contributed by atoms with Crippen LogP contribution in [-0.4, -0.2) is 48.3 Å². The lowest BCUT2D eigenvalue weighted by Crippen LogP contribution is -2.38. The van der Waals surface area contributed by atoms with Gasteiger partial charge in [0.25, 0.3) is 0 Å². The first-order chi connectivity index (χ1) is 9.42. The van der Waals surface area contributed by atoms with Crippen molar-refractivity contribution in [1.82, 2.24) is 9.88 Å². The van der Waals surface area contributed by atoms with E-state index in [1.807, 2.05) is 24.5 Å². The Morgan fingerprint density at radius 1 is 1.21 bits per heavy atom. The molecule has 4 nitrogen and oxygen atoms in total. The minimum Gasteiger partial charge on any atom is -0.381 e. The minimum atomic E-state index is 0.385. The first-order valence-corrected chi connectivity index (χ1v) is 7.24. The van der Waals surface area contributed by atoms with Crippen LogP contribution in [0.3, 0.4) is 0 Å². The number of pyridine rings is 1. The molecule has 0 aliphatic carbocycles. The monoisotopic (exact) mass is 262 g/mol. The van der Waals surface area contributed by atoms with Gasteiger partial charge in [0.15, 0.2) is 0 Å². The van der Waals surface area contributed by atoms with Gasteiger partial charge < -0.3 is 9.47 Å². The van der Waals surface area contributed by atoms with Gasteiger partial charge in [-0.1, -0.05) is 0 Å². The van der Waals surface area contributed by atoms with Crippen molar-refractivity contribution >= 4 is 0 Å². The molecule has 1 atom stereocenters. The molecular weight excluding hydrogens is 240 g/mol. The van der Waals surface area contributed by atoms with Crippen LogP contribution in [0.1, 0.15) is 24.8 Å². The van der Waals surface area contributed by atoms with Crippen LogP contribution < -0.4 is 0 Å². The van der Waals surface area contributed by atoms with Crippen LogP contribution in [0.15, 0.2) is 24.5 Å². The van der Waals surface area contributed by atoms with Crippen LogP contribution in [0, 0.1) is 0 Å². The Bertz CT molecular complexity index is 379. The van der Waals surface area contributed by atoms with E-state index in [0.29, 0.717) is 18.8 Å². The van der Waals surface area contributed by atoms with Gasteiger partial charge in [-0.2, -0.15) is 0 Å². The zero-order chi connectivity index (χ0) is 12.9. The summed E-state index contributed by atoms with van der Waals surface area (Å²) in [7, 11) is 0. The van der Waals surface area contributed by atoms with Gasteiger partial charge in [-0.25, -0.2) is 0 Å². The smallest absolute Gasteiger partial charge is 0.0722 e. The summed E-state index contributed by atoms with van der Waals surface area (Å²) in [5.74, 6) is 0. The highest BCUT2D eigenvalue weighted by Crippen LogP contribution is 2.22. The average molecular weight is 262 g/mol. The van der Waals surface area contributed by atoms with Gasteiger partial charge in [0.1, 0.15) is 0 Å². The fourth-order valence-corrected chi connectivity index (χ4v) is 2.97. The zero-order valence-corrected chi connectivity index (χ0v) is 11.3. The molecule has 2 aliphatic heterocycles. The summed E-state index contributed by atoms with van der Waals surface area (Å²) in [5.41, 5.74) is 1.21. The first kappa shape index (κ1) is 13.0. The van der Waals surface area contributed by atoms with E-state index >= 15 is 0 Å². The van der Waals surface area contributed by atoms with Crippen molar-refractivity contribution in [2.75, 3.05) is 26.3 Å². The molecule has 2 fully saturated rings. The molecule has 0 saturated carbocycles. The first-order valence-electron chi connectivity index (χ1n) is 7.24. The van der Waals surface area contributed by atoms with E-state index in [1.54, 1.807) is 0 Å². The Labute approximate surface area is 114 Å². The number of hydrogen-bond donors (Lipinski definition) is 0. The molecule has 4 heteroatoms. The molecule has 19 heavy (non-hydrogen) atoms. The molecule has 0 radical (unpaired) electrons. The third-order valence-corrected chi connectivity index (χ3v) is 4.12. The molecule has 2 aliphatic rings. The Kier molecular flexibility index (Phi) is 4.43. The van der Waals surface area contributed by atoms with E-state index in [4.69, 9.17) is 9.47 Å². The Hall–Kier alpha value is -0.970. The van der Waals surface area contributed by atoms with Gasteiger partial charge in [-0.3, -0.25) is 9.88 Å². The number of ether oxygens (including phenoxy) is 2. The summed E-state index contributed by atoms with van der Waals surface area (Å²) in [4.78, 5) is 6.61. The maximum Gasteiger partial charge on any atom is 0.0722 e. The molecule has 0 amide bonds. The average Bonchev–Trinajstić information content (AvgIpc) is 2.96. The van der Waals surface area contributed by atoms with Crippen LogP contribution in [0.4, 0.5) is 0 Å². The number of aromatic nitrogens is 1. The summed E-state index contributed by atoms with van der Waals surface area (Å²) >= 11 is 0. The normalized spacial score (nSPS) is 25.8. The van der Waals surface area contributed by atoms with E-state index in [2.05, 4.69) is 9.88 Å². The molecule has 0 bridgehead atoms. The Morgan fingerprint density at radius 3 is 2.79 bits per heavy atom. The summed E-state index contributed by atoms with van der Waals surface area (Å²) in [6.45, 7) is 4.80. The van der Waals surface area contributed by atoms with Gasteiger partial charge in [0.05, 0.1) is 12.7 Å². The molecule has 104 valence electrons. The zero-order valence-electron chi connectivity index (χ0n) is 11.3. The van der Waals surface area contributed by atoms with Crippen molar-refractivity contribution in [2.45, 2.75) is 38.0 Å². The van der Waals surface area contributed by atoms with Crippen LogP contribution >= 0.6 is 0 Å². The predicted molar refractivity (Wildman–Crippen MR) is 72.8 cm³/mol. The van der Waals surface area contributed by atoms with Gasteiger partial charge >= 0.3 is 0 Å². The summed E-state index contributed by atoms with van der Waals surface area (Å²) < 4.78 is 11.4. The second kappa shape index (κ2) is 6.46. The molecule has 2 saturated heterocycles. The summed E-state index contributed by atoms with van der Waals surface area (Å²) in [6.07, 6.45) is 7.54. The van der Waals surface area contributed by atoms with Crippen LogP contribution in [0.2, 0.25) is 0 Å². The number of likely N-dealkylation sites (tertiary alicyclic amines) is 1. The second-order valence-electron chi connectivity index (χ2n) is 5.42. The predicted octanol–water partition coefficient (Wildman–Crippen LogP) is 1.85. The lowest BCUT2D eigenvalue weighted by atomic mass is 10.1. The fraction of sp³-hybridized carbons (Fsp3) is 0.667. The van der Waals surface area contributed by atoms with Gasteiger partial charge in [0, 0.05) is 44.7 Å². The fourth-order valence-electron chi connectivity index (χ4n) is 2.97. The summed E-state index contributed by atoms with van der Waals surface area (Å²) in [5, 5.41) is 0. The minimum absolute atomic E-state index is 0.385. The third kappa shape index (κ3) is 3.53. The molecule has 0 N–H and O–H groups in total. The van der Waals surface area contributed by atoms with E-state index in [9.17, 15) is 0 Å². The van der Waals surface area contributed by atoms with E-state index < -0.39 is 0 Å². The third-order valence-electron chi connectivity index (χ3n) is 4.12. The van der Waals surface area contributed by atoms with Gasteiger partial charge in [-0.05, 0) is 37.0 Å². The lowest BCUT2D eigenvalue weighted by Gasteiger charge is -2.30. The maximum absolute atomic E-state index is 6.01. The maximum atomic E-state index is 6.01. The molecule has 3 heterocycles. The van der Waals surface area contributed by atoms with Gasteiger partial charge in [-0.15, -0.1) is 0 Å². The number of nitrogens with zero attached hydrogens (tertiary/aromatic N) is 2. The SMILES string of the molecule is c1cc(CO[C@@H]2CCN(C3CCOCC3)C2)ccn1. The Balaban J connectivity index is 1.44.